The molecule has 25 heavy (non-hydrogen) atoms. The molecule has 1 amide bonds. The van der Waals surface area contributed by atoms with E-state index in [1.165, 1.54) is 56.2 Å². The predicted molar refractivity (Wildman–Crippen MR) is 105 cm³/mol. The van der Waals surface area contributed by atoms with Crippen LogP contribution < -0.4 is 15.5 Å². The van der Waals surface area contributed by atoms with Crippen molar-refractivity contribution >= 4 is 17.3 Å². The molecule has 3 rings (SSSR count). The molecule has 0 unspecified atom stereocenters. The molecule has 4 nitrogen and oxygen atoms in total. The van der Waals surface area contributed by atoms with Gasteiger partial charge in [-0.1, -0.05) is 11.6 Å². The van der Waals surface area contributed by atoms with E-state index in [0.29, 0.717) is 6.54 Å². The number of rotatable bonds is 7. The topological polar surface area (TPSA) is 44.4 Å². The van der Waals surface area contributed by atoms with Crippen LogP contribution in [0.5, 0.6) is 0 Å². The highest BCUT2D eigenvalue weighted by atomic mass is 16.1. The predicted octanol–water partition coefficient (Wildman–Crippen LogP) is 4.10. The zero-order valence-corrected chi connectivity index (χ0v) is 15.2. The molecule has 1 saturated heterocycles. The van der Waals surface area contributed by atoms with Gasteiger partial charge in [-0.15, -0.1) is 0 Å². The second-order valence-electron chi connectivity index (χ2n) is 7.16. The Morgan fingerprint density at radius 1 is 1.00 bits per heavy atom. The minimum absolute atomic E-state index is 0.0662. The van der Waals surface area contributed by atoms with Gasteiger partial charge in [0.05, 0.1) is 6.54 Å². The van der Waals surface area contributed by atoms with E-state index in [1.54, 1.807) is 0 Å². The number of nitrogens with zero attached hydrogens (tertiary/aromatic N) is 1. The zero-order valence-electron chi connectivity index (χ0n) is 15.2. The highest BCUT2D eigenvalue weighted by molar-refractivity contribution is 5.80. The third-order valence-electron chi connectivity index (χ3n) is 5.19. The number of allylic oxidation sites excluding steroid dienone is 1. The first-order chi connectivity index (χ1) is 12.3. The third kappa shape index (κ3) is 5.80. The first kappa shape index (κ1) is 17.8. The highest BCUT2D eigenvalue weighted by Crippen LogP contribution is 2.22. The lowest BCUT2D eigenvalue weighted by Crippen LogP contribution is -2.31. The Morgan fingerprint density at radius 3 is 2.52 bits per heavy atom. The lowest BCUT2D eigenvalue weighted by Gasteiger charge is -2.28. The number of hydrogen-bond donors (Lipinski definition) is 2. The Kier molecular flexibility index (Phi) is 6.78. The van der Waals surface area contributed by atoms with Crippen molar-refractivity contribution < 1.29 is 4.79 Å². The number of nitrogens with one attached hydrogen (secondary N) is 2. The van der Waals surface area contributed by atoms with Crippen molar-refractivity contribution in [2.45, 2.75) is 51.4 Å². The maximum absolute atomic E-state index is 12.0. The fourth-order valence-electron chi connectivity index (χ4n) is 3.68. The largest absolute Gasteiger partial charge is 0.376 e. The third-order valence-corrected chi connectivity index (χ3v) is 5.19. The second-order valence-corrected chi connectivity index (χ2v) is 7.16. The summed E-state index contributed by atoms with van der Waals surface area (Å²) >= 11 is 0. The number of carbonyl (C=O) groups excluding carboxylic acids is 1. The quantitative estimate of drug-likeness (QED) is 0.734. The molecular weight excluding hydrogens is 310 g/mol. The molecular formula is C21H31N3O. The van der Waals surface area contributed by atoms with Crippen LogP contribution in [0.15, 0.2) is 35.9 Å². The molecule has 2 aliphatic rings. The minimum Gasteiger partial charge on any atom is -0.376 e. The van der Waals surface area contributed by atoms with Crippen LogP contribution in [0.2, 0.25) is 0 Å². The summed E-state index contributed by atoms with van der Waals surface area (Å²) in [5, 5.41) is 6.23. The maximum atomic E-state index is 12.0. The van der Waals surface area contributed by atoms with Crippen LogP contribution in [-0.4, -0.2) is 32.1 Å². The van der Waals surface area contributed by atoms with Crippen molar-refractivity contribution in [3.8, 4) is 0 Å². The van der Waals surface area contributed by atoms with E-state index in [2.05, 4.69) is 45.9 Å². The van der Waals surface area contributed by atoms with Gasteiger partial charge in [0.25, 0.3) is 0 Å². The monoisotopic (exact) mass is 341 g/mol. The fraction of sp³-hybridized carbons (Fsp3) is 0.571. The zero-order chi connectivity index (χ0) is 17.3. The second kappa shape index (κ2) is 9.50. The summed E-state index contributed by atoms with van der Waals surface area (Å²) in [6.45, 7) is 3.40. The van der Waals surface area contributed by atoms with Crippen molar-refractivity contribution in [2.24, 2.45) is 0 Å². The van der Waals surface area contributed by atoms with Crippen LogP contribution in [-0.2, 0) is 4.79 Å². The Morgan fingerprint density at radius 2 is 1.80 bits per heavy atom. The normalized spacial score (nSPS) is 17.8. The van der Waals surface area contributed by atoms with Crippen LogP contribution in [0.4, 0.5) is 11.4 Å². The van der Waals surface area contributed by atoms with Crippen LogP contribution in [0.3, 0.4) is 0 Å². The lowest BCUT2D eigenvalue weighted by atomic mass is 9.97. The number of carbonyl (C=O) groups is 1. The minimum atomic E-state index is 0.0662. The molecule has 0 bridgehead atoms. The SMILES string of the molecule is O=C(CNc1ccc(N2CCCCC2)cc1)NCCC1=CCCCC1. The molecule has 1 aromatic rings. The van der Waals surface area contributed by atoms with E-state index >= 15 is 0 Å². The number of amides is 1. The average Bonchev–Trinajstić information content (AvgIpc) is 2.68. The number of hydrogen-bond acceptors (Lipinski definition) is 3. The molecule has 1 aliphatic carbocycles. The Hall–Kier alpha value is -1.97. The maximum Gasteiger partial charge on any atom is 0.239 e. The van der Waals surface area contributed by atoms with Crippen LogP contribution >= 0.6 is 0 Å². The molecule has 0 atom stereocenters. The van der Waals surface area contributed by atoms with Gasteiger partial charge in [-0.05, 0) is 75.6 Å². The van der Waals surface area contributed by atoms with Gasteiger partial charge in [0.1, 0.15) is 0 Å². The van der Waals surface area contributed by atoms with Gasteiger partial charge >= 0.3 is 0 Å². The van der Waals surface area contributed by atoms with Gasteiger partial charge in [0.2, 0.25) is 5.91 Å². The molecule has 0 radical (unpaired) electrons. The van der Waals surface area contributed by atoms with Crippen LogP contribution in [0.25, 0.3) is 0 Å². The van der Waals surface area contributed by atoms with Crippen molar-refractivity contribution in [2.75, 3.05) is 36.4 Å². The summed E-state index contributed by atoms with van der Waals surface area (Å²) < 4.78 is 0. The molecule has 1 aromatic carbocycles. The van der Waals surface area contributed by atoms with E-state index in [-0.39, 0.29) is 5.91 Å². The van der Waals surface area contributed by atoms with Crippen molar-refractivity contribution in [3.05, 3.63) is 35.9 Å². The van der Waals surface area contributed by atoms with Gasteiger partial charge < -0.3 is 15.5 Å². The first-order valence-corrected chi connectivity index (χ1v) is 9.85. The van der Waals surface area contributed by atoms with E-state index in [0.717, 1.165) is 31.7 Å². The summed E-state index contributed by atoms with van der Waals surface area (Å²) in [5.74, 6) is 0.0662. The number of piperidine rings is 1. The number of benzene rings is 1. The molecule has 4 heteroatoms. The Labute approximate surface area is 151 Å². The van der Waals surface area contributed by atoms with Gasteiger partial charge in [-0.25, -0.2) is 0 Å². The van der Waals surface area contributed by atoms with Gasteiger partial charge in [0, 0.05) is 31.0 Å². The summed E-state index contributed by atoms with van der Waals surface area (Å²) in [6, 6.07) is 8.45. The number of anilines is 2. The van der Waals surface area contributed by atoms with E-state index in [9.17, 15) is 4.79 Å². The average molecular weight is 341 g/mol. The van der Waals surface area contributed by atoms with E-state index in [1.807, 2.05) is 0 Å². The molecule has 2 N–H and O–H groups in total. The van der Waals surface area contributed by atoms with E-state index < -0.39 is 0 Å². The van der Waals surface area contributed by atoms with E-state index in [4.69, 9.17) is 0 Å². The Balaban J connectivity index is 1.36. The lowest BCUT2D eigenvalue weighted by molar-refractivity contribution is -0.119. The fourth-order valence-corrected chi connectivity index (χ4v) is 3.68. The molecule has 1 aliphatic heterocycles. The van der Waals surface area contributed by atoms with Gasteiger partial charge in [-0.2, -0.15) is 0 Å². The van der Waals surface area contributed by atoms with Crippen LogP contribution in [0.1, 0.15) is 51.4 Å². The molecule has 0 saturated carbocycles. The highest BCUT2D eigenvalue weighted by Gasteiger charge is 2.10. The summed E-state index contributed by atoms with van der Waals surface area (Å²) in [6.07, 6.45) is 12.3. The van der Waals surface area contributed by atoms with Crippen molar-refractivity contribution in [1.82, 2.24) is 5.32 Å². The standard InChI is InChI=1S/C21H31N3O/c25-21(22-14-13-18-7-3-1-4-8-18)17-23-19-9-11-20(12-10-19)24-15-5-2-6-16-24/h7,9-12,23H,1-6,8,13-17H2,(H,22,25). The first-order valence-electron chi connectivity index (χ1n) is 9.85. The smallest absolute Gasteiger partial charge is 0.239 e. The summed E-state index contributed by atoms with van der Waals surface area (Å²) in [7, 11) is 0. The van der Waals surface area contributed by atoms with Gasteiger partial charge in [0.15, 0.2) is 0 Å². The molecule has 136 valence electrons. The van der Waals surface area contributed by atoms with Crippen molar-refractivity contribution in [1.29, 1.82) is 0 Å². The Bertz CT molecular complexity index is 573. The molecule has 1 fully saturated rings. The van der Waals surface area contributed by atoms with Crippen LogP contribution in [0, 0.1) is 0 Å². The molecule has 0 spiro atoms. The van der Waals surface area contributed by atoms with Crippen molar-refractivity contribution in [3.63, 3.8) is 0 Å². The molecule has 1 heterocycles. The molecule has 0 aromatic heterocycles. The van der Waals surface area contributed by atoms with Gasteiger partial charge in [-0.3, -0.25) is 4.79 Å². The summed E-state index contributed by atoms with van der Waals surface area (Å²) in [5.41, 5.74) is 3.80. The summed E-state index contributed by atoms with van der Waals surface area (Å²) in [4.78, 5) is 14.4.